The van der Waals surface area contributed by atoms with E-state index in [1.807, 2.05) is 13.8 Å². The normalized spacial score (nSPS) is 13.2. The van der Waals surface area contributed by atoms with Gasteiger partial charge in [0.05, 0.1) is 17.2 Å². The van der Waals surface area contributed by atoms with Gasteiger partial charge < -0.3 is 19.2 Å². The molecule has 0 radical (unpaired) electrons. The fraction of sp³-hybridized carbons (Fsp3) is 0.348. The van der Waals surface area contributed by atoms with Crippen LogP contribution in [0.25, 0.3) is 11.0 Å². The van der Waals surface area contributed by atoms with Crippen LogP contribution in [0.1, 0.15) is 48.6 Å². The summed E-state index contributed by atoms with van der Waals surface area (Å²) in [6, 6.07) is 10.2. The maximum absolute atomic E-state index is 12.9. The first-order valence-corrected chi connectivity index (χ1v) is 11.9. The lowest BCUT2D eigenvalue weighted by molar-refractivity contribution is -0.144. The maximum Gasteiger partial charge on any atom is 0.357 e. The predicted molar refractivity (Wildman–Crippen MR) is 125 cm³/mol. The number of nitrogens with one attached hydrogen (secondary N) is 1. The third-order valence-corrected chi connectivity index (χ3v) is 6.52. The van der Waals surface area contributed by atoms with Gasteiger partial charge in [-0.25, -0.2) is 9.78 Å². The van der Waals surface area contributed by atoms with Crippen LogP contribution in [0.3, 0.4) is 0 Å². The summed E-state index contributed by atoms with van der Waals surface area (Å²) in [6.45, 7) is 7.21. The number of halogens is 1. The molecule has 0 aliphatic heterocycles. The number of benzene rings is 1. The van der Waals surface area contributed by atoms with Crippen molar-refractivity contribution in [1.82, 2.24) is 14.9 Å². The van der Waals surface area contributed by atoms with E-state index < -0.39 is 17.1 Å². The Balaban J connectivity index is 1.69. The van der Waals surface area contributed by atoms with E-state index in [2.05, 4.69) is 10.3 Å². The lowest BCUT2D eigenvalue weighted by Crippen LogP contribution is -2.28. The van der Waals surface area contributed by atoms with Crippen LogP contribution in [-0.2, 0) is 27.8 Å². The predicted octanol–water partition coefficient (Wildman–Crippen LogP) is 4.09. The number of aryl methyl sites for hydroxylation is 2. The summed E-state index contributed by atoms with van der Waals surface area (Å²) in [7, 11) is 1.78. The maximum atomic E-state index is 12.9. The fourth-order valence-corrected chi connectivity index (χ4v) is 4.52. The van der Waals surface area contributed by atoms with Gasteiger partial charge >= 0.3 is 5.97 Å². The number of rotatable bonds is 7. The number of fused-ring (bicyclic) bond motifs is 1. The summed E-state index contributed by atoms with van der Waals surface area (Å²) >= 11 is 4.82. The summed E-state index contributed by atoms with van der Waals surface area (Å²) < 4.78 is 19.1. The van der Waals surface area contributed by atoms with Crippen LogP contribution < -0.4 is 5.32 Å². The summed E-state index contributed by atoms with van der Waals surface area (Å²) in [4.78, 5) is 29.6. The van der Waals surface area contributed by atoms with Crippen molar-refractivity contribution in [1.29, 1.82) is 0 Å². The number of carbonyl (C=O) groups excluding carboxylic acids is 2. The molecule has 0 spiro atoms. The molecular formula is C23H26ClN3O4S. The minimum atomic E-state index is -1.49. The van der Waals surface area contributed by atoms with E-state index in [0.717, 1.165) is 16.6 Å². The van der Waals surface area contributed by atoms with E-state index in [1.165, 1.54) is 0 Å². The summed E-state index contributed by atoms with van der Waals surface area (Å²) in [5, 5.41) is 4.24. The molecule has 9 heteroatoms. The summed E-state index contributed by atoms with van der Waals surface area (Å²) in [6.07, 6.45) is -0.246. The van der Waals surface area contributed by atoms with E-state index in [-0.39, 0.29) is 23.8 Å². The van der Waals surface area contributed by atoms with Crippen LogP contribution in [0.2, 0.25) is 5.02 Å². The third kappa shape index (κ3) is 5.43. The highest BCUT2D eigenvalue weighted by Crippen LogP contribution is 2.26. The molecule has 2 aromatic heterocycles. The van der Waals surface area contributed by atoms with Gasteiger partial charge in [-0.1, -0.05) is 23.7 Å². The number of esters is 1. The van der Waals surface area contributed by atoms with E-state index in [9.17, 15) is 14.1 Å². The highest BCUT2D eigenvalue weighted by Gasteiger charge is 2.21. The molecule has 1 amide bonds. The van der Waals surface area contributed by atoms with Gasteiger partial charge in [0.1, 0.15) is 11.3 Å². The lowest BCUT2D eigenvalue weighted by atomic mass is 10.1. The zero-order chi connectivity index (χ0) is 23.6. The van der Waals surface area contributed by atoms with E-state index in [1.54, 1.807) is 61.9 Å². The molecule has 32 heavy (non-hydrogen) atoms. The number of pyridine rings is 1. The first kappa shape index (κ1) is 24.1. The second kappa shape index (κ2) is 9.94. The van der Waals surface area contributed by atoms with E-state index in [4.69, 9.17) is 16.3 Å². The molecule has 1 N–H and O–H groups in total. The molecule has 0 fully saturated rings. The van der Waals surface area contributed by atoms with Crippen LogP contribution in [0.4, 0.5) is 0 Å². The quantitative estimate of drug-likeness (QED) is 0.410. The fourth-order valence-electron chi connectivity index (χ4n) is 3.33. The Kier molecular flexibility index (Phi) is 7.48. The van der Waals surface area contributed by atoms with Gasteiger partial charge in [-0.3, -0.25) is 4.79 Å². The SMILES string of the molecule is Cc1cc(Cl)c2cc(C(=O)NC(C)c3ccc([S+]([O-])CC(=O)OC(C)C)cc3)n(C)c2n1. The second-order valence-corrected chi connectivity index (χ2v) is 9.72. The standard InChI is InChI=1S/C23H26ClN3O4S/c1-13(2)31-21(28)12-32(30)17-8-6-16(7-9-17)15(4)26-23(29)20-11-18-19(24)10-14(3)25-22(18)27(20)5/h6-11,13,15H,12H2,1-5H3,(H,26,29). The molecule has 0 saturated carbocycles. The highest BCUT2D eigenvalue weighted by molar-refractivity contribution is 7.92. The van der Waals surface area contributed by atoms with Crippen molar-refractivity contribution in [3.8, 4) is 0 Å². The number of nitrogens with zero attached hydrogens (tertiary/aromatic N) is 2. The third-order valence-electron chi connectivity index (χ3n) is 4.92. The Hall–Kier alpha value is -2.55. The van der Waals surface area contributed by atoms with Crippen LogP contribution in [0.5, 0.6) is 0 Å². The van der Waals surface area contributed by atoms with Gasteiger partial charge in [-0.15, -0.1) is 0 Å². The minimum Gasteiger partial charge on any atom is -0.611 e. The van der Waals surface area contributed by atoms with Gasteiger partial charge in [0.25, 0.3) is 5.91 Å². The average molecular weight is 476 g/mol. The van der Waals surface area contributed by atoms with Gasteiger partial charge in [0.15, 0.2) is 4.90 Å². The van der Waals surface area contributed by atoms with Gasteiger partial charge in [0, 0.05) is 18.1 Å². The van der Waals surface area contributed by atoms with Crippen molar-refractivity contribution < 1.29 is 18.9 Å². The molecule has 0 bridgehead atoms. The summed E-state index contributed by atoms with van der Waals surface area (Å²) in [5.74, 6) is -0.945. The zero-order valence-corrected chi connectivity index (χ0v) is 20.2. The largest absolute Gasteiger partial charge is 0.611 e. The lowest BCUT2D eigenvalue weighted by Gasteiger charge is -2.16. The van der Waals surface area contributed by atoms with Crippen molar-refractivity contribution in [3.63, 3.8) is 0 Å². The Morgan fingerprint density at radius 2 is 1.88 bits per heavy atom. The Morgan fingerprint density at radius 1 is 1.22 bits per heavy atom. The number of amides is 1. The van der Waals surface area contributed by atoms with Crippen molar-refractivity contribution in [3.05, 3.63) is 58.4 Å². The molecule has 0 aliphatic carbocycles. The van der Waals surface area contributed by atoms with Gasteiger partial charge in [-0.2, -0.15) is 0 Å². The van der Waals surface area contributed by atoms with Crippen molar-refractivity contribution in [2.24, 2.45) is 7.05 Å². The number of ether oxygens (including phenoxy) is 1. The van der Waals surface area contributed by atoms with E-state index in [0.29, 0.717) is 21.3 Å². The molecule has 2 heterocycles. The van der Waals surface area contributed by atoms with Crippen LogP contribution in [0, 0.1) is 6.92 Å². The number of carbonyl (C=O) groups is 2. The monoisotopic (exact) mass is 475 g/mol. The van der Waals surface area contributed by atoms with E-state index >= 15 is 0 Å². The first-order valence-electron chi connectivity index (χ1n) is 10.2. The first-order chi connectivity index (χ1) is 15.1. The molecule has 0 saturated heterocycles. The van der Waals surface area contributed by atoms with Crippen LogP contribution in [-0.4, -0.2) is 37.8 Å². The number of hydrogen-bond acceptors (Lipinski definition) is 5. The Morgan fingerprint density at radius 3 is 2.50 bits per heavy atom. The van der Waals surface area contributed by atoms with Crippen molar-refractivity contribution >= 4 is 45.7 Å². The second-order valence-electron chi connectivity index (χ2n) is 7.86. The summed E-state index contributed by atoms with van der Waals surface area (Å²) in [5.41, 5.74) is 2.72. The average Bonchev–Trinajstić information content (AvgIpc) is 3.04. The molecule has 0 aliphatic rings. The molecule has 2 atom stereocenters. The zero-order valence-electron chi connectivity index (χ0n) is 18.6. The number of aromatic nitrogens is 2. The topological polar surface area (TPSA) is 96.3 Å². The van der Waals surface area contributed by atoms with Crippen molar-refractivity contribution in [2.45, 2.75) is 44.7 Å². The molecule has 7 nitrogen and oxygen atoms in total. The Labute approximate surface area is 195 Å². The molecule has 3 aromatic rings. The number of hydrogen-bond donors (Lipinski definition) is 1. The molecule has 170 valence electrons. The molecule has 2 unspecified atom stereocenters. The molecule has 1 aromatic carbocycles. The molecule has 3 rings (SSSR count). The molecular weight excluding hydrogens is 450 g/mol. The van der Waals surface area contributed by atoms with Crippen LogP contribution in [0.15, 0.2) is 41.3 Å². The van der Waals surface area contributed by atoms with Crippen molar-refractivity contribution in [2.75, 3.05) is 5.75 Å². The highest BCUT2D eigenvalue weighted by atomic mass is 35.5. The minimum absolute atomic E-state index is 0.194. The van der Waals surface area contributed by atoms with Crippen LogP contribution >= 0.6 is 11.6 Å². The Bertz CT molecular complexity index is 1140. The smallest absolute Gasteiger partial charge is 0.357 e. The van der Waals surface area contributed by atoms with Gasteiger partial charge in [-0.05, 0) is 68.7 Å². The van der Waals surface area contributed by atoms with Gasteiger partial charge in [0.2, 0.25) is 5.75 Å².